The first-order chi connectivity index (χ1) is 7.48. The molecule has 3 heteroatoms. The normalized spacial score (nSPS) is 11.6. The lowest BCUT2D eigenvalue weighted by molar-refractivity contribution is 0.320. The lowest BCUT2D eigenvalue weighted by Gasteiger charge is -2.22. The molecule has 0 aliphatic heterocycles. The Morgan fingerprint density at radius 1 is 1.38 bits per heavy atom. The van der Waals surface area contributed by atoms with E-state index in [-0.39, 0.29) is 11.2 Å². The van der Waals surface area contributed by atoms with Crippen molar-refractivity contribution in [1.29, 1.82) is 0 Å². The number of nitrogens with two attached hydrogens (primary N) is 1. The van der Waals surface area contributed by atoms with Gasteiger partial charge < -0.3 is 10.5 Å². The lowest BCUT2D eigenvalue weighted by atomic mass is 9.86. The smallest absolute Gasteiger partial charge is 0.165 e. The molecule has 2 N–H and O–H groups in total. The topological polar surface area (TPSA) is 35.2 Å². The van der Waals surface area contributed by atoms with Crippen molar-refractivity contribution in [2.24, 2.45) is 11.1 Å². The molecule has 0 saturated carbocycles. The molecule has 0 saturated heterocycles. The summed E-state index contributed by atoms with van der Waals surface area (Å²) >= 11 is 0. The molecule has 1 rings (SSSR count). The van der Waals surface area contributed by atoms with Crippen LogP contribution in [0.15, 0.2) is 18.2 Å². The van der Waals surface area contributed by atoms with Gasteiger partial charge in [0.25, 0.3) is 0 Å². The zero-order chi connectivity index (χ0) is 12.2. The van der Waals surface area contributed by atoms with Crippen molar-refractivity contribution in [3.63, 3.8) is 0 Å². The van der Waals surface area contributed by atoms with Crippen LogP contribution in [0.3, 0.4) is 0 Å². The van der Waals surface area contributed by atoms with Crippen LogP contribution >= 0.6 is 0 Å². The van der Waals surface area contributed by atoms with Gasteiger partial charge in [0.2, 0.25) is 0 Å². The molecule has 1 aromatic carbocycles. The Bertz CT molecular complexity index is 350. The minimum Gasteiger partial charge on any atom is -0.491 e. The van der Waals surface area contributed by atoms with Crippen LogP contribution in [-0.2, 0) is 6.42 Å². The zero-order valence-electron chi connectivity index (χ0n) is 10.2. The Morgan fingerprint density at radius 3 is 2.56 bits per heavy atom. The van der Waals surface area contributed by atoms with Gasteiger partial charge in [0, 0.05) is 0 Å². The maximum Gasteiger partial charge on any atom is 0.165 e. The molecule has 2 nitrogen and oxygen atoms in total. The second-order valence-electron chi connectivity index (χ2n) is 4.74. The Hall–Kier alpha value is -1.09. The van der Waals surface area contributed by atoms with E-state index in [9.17, 15) is 4.39 Å². The highest BCUT2D eigenvalue weighted by molar-refractivity contribution is 5.29. The van der Waals surface area contributed by atoms with Gasteiger partial charge in [0.15, 0.2) is 11.6 Å². The summed E-state index contributed by atoms with van der Waals surface area (Å²) in [5.41, 5.74) is 6.61. The van der Waals surface area contributed by atoms with Crippen LogP contribution in [0.1, 0.15) is 26.3 Å². The number of halogens is 1. The minimum atomic E-state index is -0.299. The molecule has 90 valence electrons. The van der Waals surface area contributed by atoms with E-state index in [0.717, 1.165) is 12.0 Å². The molecule has 0 atom stereocenters. The second-order valence-corrected chi connectivity index (χ2v) is 4.74. The Kier molecular flexibility index (Phi) is 4.30. The summed E-state index contributed by atoms with van der Waals surface area (Å²) in [5.74, 6) is 0.0176. The van der Waals surface area contributed by atoms with Crippen molar-refractivity contribution in [1.82, 2.24) is 0 Å². The van der Waals surface area contributed by atoms with Gasteiger partial charge in [-0.2, -0.15) is 0 Å². The fourth-order valence-corrected chi connectivity index (χ4v) is 1.55. The molecule has 16 heavy (non-hydrogen) atoms. The monoisotopic (exact) mass is 225 g/mol. The fourth-order valence-electron chi connectivity index (χ4n) is 1.55. The molecule has 0 bridgehead atoms. The largest absolute Gasteiger partial charge is 0.491 e. The molecule has 0 heterocycles. The Morgan fingerprint density at radius 2 is 2.06 bits per heavy atom. The van der Waals surface area contributed by atoms with Crippen LogP contribution in [-0.4, -0.2) is 13.2 Å². The SMILES string of the molecule is CCOc1ccc(CC(C)(C)CN)cc1F. The van der Waals surface area contributed by atoms with Crippen LogP contribution < -0.4 is 10.5 Å². The Labute approximate surface area is 96.6 Å². The fraction of sp³-hybridized carbons (Fsp3) is 0.538. The molecule has 0 spiro atoms. The van der Waals surface area contributed by atoms with Gasteiger partial charge in [-0.15, -0.1) is 0 Å². The number of hydrogen-bond acceptors (Lipinski definition) is 2. The summed E-state index contributed by atoms with van der Waals surface area (Å²) in [7, 11) is 0. The number of hydrogen-bond donors (Lipinski definition) is 1. The highest BCUT2D eigenvalue weighted by atomic mass is 19.1. The molecule has 0 unspecified atom stereocenters. The average molecular weight is 225 g/mol. The minimum absolute atomic E-state index is 0.000426. The lowest BCUT2D eigenvalue weighted by Crippen LogP contribution is -2.25. The van der Waals surface area contributed by atoms with Crippen LogP contribution in [0.25, 0.3) is 0 Å². The van der Waals surface area contributed by atoms with Crippen molar-refractivity contribution in [3.8, 4) is 5.75 Å². The molecule has 1 aromatic rings. The van der Waals surface area contributed by atoms with Crippen LogP contribution in [0.2, 0.25) is 0 Å². The summed E-state index contributed by atoms with van der Waals surface area (Å²) in [4.78, 5) is 0. The van der Waals surface area contributed by atoms with E-state index in [1.165, 1.54) is 6.07 Å². The molecular weight excluding hydrogens is 205 g/mol. The van der Waals surface area contributed by atoms with E-state index in [2.05, 4.69) is 13.8 Å². The van der Waals surface area contributed by atoms with E-state index in [0.29, 0.717) is 18.9 Å². The van der Waals surface area contributed by atoms with Crippen LogP contribution in [0.5, 0.6) is 5.75 Å². The maximum atomic E-state index is 13.6. The van der Waals surface area contributed by atoms with E-state index in [1.54, 1.807) is 6.07 Å². The highest BCUT2D eigenvalue weighted by Crippen LogP contribution is 2.24. The third kappa shape index (κ3) is 3.49. The summed E-state index contributed by atoms with van der Waals surface area (Å²) in [6.45, 7) is 7.04. The molecule has 0 radical (unpaired) electrons. The number of benzene rings is 1. The van der Waals surface area contributed by atoms with Crippen LogP contribution in [0.4, 0.5) is 4.39 Å². The highest BCUT2D eigenvalue weighted by Gasteiger charge is 2.17. The molecule has 0 amide bonds. The third-order valence-corrected chi connectivity index (χ3v) is 2.53. The second kappa shape index (κ2) is 5.30. The predicted octanol–water partition coefficient (Wildman–Crippen LogP) is 2.75. The maximum absolute atomic E-state index is 13.6. The van der Waals surface area contributed by atoms with Gasteiger partial charge in [-0.1, -0.05) is 19.9 Å². The predicted molar refractivity (Wildman–Crippen MR) is 64.1 cm³/mol. The first-order valence-corrected chi connectivity index (χ1v) is 5.60. The summed E-state index contributed by atoms with van der Waals surface area (Å²) in [6.07, 6.45) is 0.771. The zero-order valence-corrected chi connectivity index (χ0v) is 10.2. The van der Waals surface area contributed by atoms with Gasteiger partial charge in [-0.3, -0.25) is 0 Å². The summed E-state index contributed by atoms with van der Waals surface area (Å²) in [6, 6.07) is 5.11. The molecule has 0 fully saturated rings. The quantitative estimate of drug-likeness (QED) is 0.836. The standard InChI is InChI=1S/C13H20FNO/c1-4-16-12-6-5-10(7-11(12)14)8-13(2,3)9-15/h5-7H,4,8-9,15H2,1-3H3. The summed E-state index contributed by atoms with van der Waals surface area (Å²) in [5, 5.41) is 0. The van der Waals surface area contributed by atoms with Gasteiger partial charge in [0.1, 0.15) is 0 Å². The van der Waals surface area contributed by atoms with Gasteiger partial charge >= 0.3 is 0 Å². The molecule has 0 aromatic heterocycles. The van der Waals surface area contributed by atoms with Crippen molar-refractivity contribution < 1.29 is 9.13 Å². The van der Waals surface area contributed by atoms with E-state index in [1.807, 2.05) is 13.0 Å². The molecule has 0 aliphatic carbocycles. The number of rotatable bonds is 5. The number of ether oxygens (including phenoxy) is 1. The Balaban J connectivity index is 2.81. The van der Waals surface area contributed by atoms with E-state index < -0.39 is 0 Å². The van der Waals surface area contributed by atoms with Crippen molar-refractivity contribution in [3.05, 3.63) is 29.6 Å². The van der Waals surface area contributed by atoms with Gasteiger partial charge in [-0.05, 0) is 43.0 Å². The third-order valence-electron chi connectivity index (χ3n) is 2.53. The first-order valence-electron chi connectivity index (χ1n) is 5.60. The van der Waals surface area contributed by atoms with Crippen LogP contribution in [0, 0.1) is 11.2 Å². The molecular formula is C13H20FNO. The first kappa shape index (κ1) is 13.0. The van der Waals surface area contributed by atoms with Gasteiger partial charge in [-0.25, -0.2) is 4.39 Å². The van der Waals surface area contributed by atoms with Crippen molar-refractivity contribution in [2.75, 3.05) is 13.2 Å². The average Bonchev–Trinajstić information content (AvgIpc) is 2.22. The molecule has 0 aliphatic rings. The van der Waals surface area contributed by atoms with Crippen molar-refractivity contribution in [2.45, 2.75) is 27.2 Å². The van der Waals surface area contributed by atoms with Gasteiger partial charge in [0.05, 0.1) is 6.61 Å². The van der Waals surface area contributed by atoms with Crippen molar-refractivity contribution >= 4 is 0 Å². The van der Waals surface area contributed by atoms with E-state index >= 15 is 0 Å². The summed E-state index contributed by atoms with van der Waals surface area (Å²) < 4.78 is 18.7. The van der Waals surface area contributed by atoms with E-state index in [4.69, 9.17) is 10.5 Å².